The van der Waals surface area contributed by atoms with E-state index in [1.807, 2.05) is 0 Å². The quantitative estimate of drug-likeness (QED) is 0.902. The maximum absolute atomic E-state index is 11.9. The topological polar surface area (TPSA) is 52.9 Å². The molecule has 1 saturated carbocycles. The molecule has 0 aromatic heterocycles. The minimum absolute atomic E-state index is 0.00139. The summed E-state index contributed by atoms with van der Waals surface area (Å²) in [5.74, 6) is 0.713. The standard InChI is InChI=1S/C15H17BrN2O/c16-13-7-6-12(10-17)14(9-13)18-15(19)8-5-11-3-1-2-4-11/h6-7,9,11H,1-5,8H2,(H,18,19). The number of carbonyl (C=O) groups excluding carboxylic acids is 1. The number of hydrogen-bond acceptors (Lipinski definition) is 2. The average molecular weight is 321 g/mol. The second kappa shape index (κ2) is 6.72. The largest absolute Gasteiger partial charge is 0.325 e. The second-order valence-corrected chi connectivity index (χ2v) is 5.95. The van der Waals surface area contributed by atoms with Crippen LogP contribution in [0.1, 0.15) is 44.1 Å². The number of nitriles is 1. The van der Waals surface area contributed by atoms with Gasteiger partial charge in [0.1, 0.15) is 6.07 Å². The zero-order valence-corrected chi connectivity index (χ0v) is 12.4. The number of carbonyl (C=O) groups is 1. The molecule has 1 fully saturated rings. The molecular weight excluding hydrogens is 304 g/mol. The lowest BCUT2D eigenvalue weighted by atomic mass is 10.0. The Morgan fingerprint density at radius 2 is 2.16 bits per heavy atom. The van der Waals surface area contributed by atoms with Crippen LogP contribution in [0.4, 0.5) is 5.69 Å². The van der Waals surface area contributed by atoms with Crippen molar-refractivity contribution in [2.45, 2.75) is 38.5 Å². The summed E-state index contributed by atoms with van der Waals surface area (Å²) < 4.78 is 0.859. The number of benzene rings is 1. The van der Waals surface area contributed by atoms with E-state index in [1.165, 1.54) is 25.7 Å². The van der Waals surface area contributed by atoms with Crippen LogP contribution >= 0.6 is 15.9 Å². The molecule has 2 rings (SSSR count). The molecule has 1 aliphatic carbocycles. The summed E-state index contributed by atoms with van der Waals surface area (Å²) in [7, 11) is 0. The highest BCUT2D eigenvalue weighted by atomic mass is 79.9. The van der Waals surface area contributed by atoms with Gasteiger partial charge in [0.05, 0.1) is 11.3 Å². The van der Waals surface area contributed by atoms with Crippen LogP contribution in [-0.4, -0.2) is 5.91 Å². The Morgan fingerprint density at radius 1 is 1.42 bits per heavy atom. The van der Waals surface area contributed by atoms with Gasteiger partial charge in [-0.3, -0.25) is 4.79 Å². The fraction of sp³-hybridized carbons (Fsp3) is 0.467. The van der Waals surface area contributed by atoms with E-state index >= 15 is 0 Å². The first-order valence-corrected chi connectivity index (χ1v) is 7.48. The molecule has 0 aliphatic heterocycles. The van der Waals surface area contributed by atoms with Crippen LogP contribution < -0.4 is 5.32 Å². The average Bonchev–Trinajstić information content (AvgIpc) is 2.90. The minimum Gasteiger partial charge on any atom is -0.325 e. The SMILES string of the molecule is N#Cc1ccc(Br)cc1NC(=O)CCC1CCCC1. The first-order valence-electron chi connectivity index (χ1n) is 6.68. The molecule has 1 N–H and O–H groups in total. The molecule has 0 radical (unpaired) electrons. The van der Waals surface area contributed by atoms with Gasteiger partial charge >= 0.3 is 0 Å². The Bertz CT molecular complexity index is 501. The van der Waals surface area contributed by atoms with Gasteiger partial charge in [-0.2, -0.15) is 5.26 Å². The molecule has 0 bridgehead atoms. The fourth-order valence-corrected chi connectivity index (χ4v) is 2.93. The number of halogens is 1. The molecule has 0 heterocycles. The normalized spacial score (nSPS) is 15.2. The zero-order valence-electron chi connectivity index (χ0n) is 10.8. The third kappa shape index (κ3) is 4.07. The third-order valence-electron chi connectivity index (χ3n) is 3.63. The molecule has 0 saturated heterocycles. The van der Waals surface area contributed by atoms with Crippen molar-refractivity contribution in [3.8, 4) is 6.07 Å². The minimum atomic E-state index is 0.00139. The number of rotatable bonds is 4. The maximum atomic E-state index is 11.9. The van der Waals surface area contributed by atoms with E-state index in [4.69, 9.17) is 5.26 Å². The Morgan fingerprint density at radius 3 is 2.84 bits per heavy atom. The van der Waals surface area contributed by atoms with Crippen LogP contribution in [0.3, 0.4) is 0 Å². The van der Waals surface area contributed by atoms with Gasteiger partial charge in [-0.05, 0) is 30.5 Å². The van der Waals surface area contributed by atoms with E-state index < -0.39 is 0 Å². The Kier molecular flexibility index (Phi) is 4.98. The van der Waals surface area contributed by atoms with E-state index in [2.05, 4.69) is 27.3 Å². The Balaban J connectivity index is 1.91. The van der Waals surface area contributed by atoms with Gasteiger partial charge in [-0.25, -0.2) is 0 Å². The molecule has 100 valence electrons. The summed E-state index contributed by atoms with van der Waals surface area (Å²) in [4.78, 5) is 11.9. The van der Waals surface area contributed by atoms with Crippen molar-refractivity contribution in [2.75, 3.05) is 5.32 Å². The van der Waals surface area contributed by atoms with Crippen molar-refractivity contribution in [3.05, 3.63) is 28.2 Å². The van der Waals surface area contributed by atoms with Crippen LogP contribution in [0.2, 0.25) is 0 Å². The molecule has 0 unspecified atom stereocenters. The monoisotopic (exact) mass is 320 g/mol. The molecule has 4 heteroatoms. The first-order chi connectivity index (χ1) is 9.19. The van der Waals surface area contributed by atoms with Crippen LogP contribution in [0.15, 0.2) is 22.7 Å². The van der Waals surface area contributed by atoms with Crippen molar-refractivity contribution >= 4 is 27.5 Å². The number of nitrogens with zero attached hydrogens (tertiary/aromatic N) is 1. The van der Waals surface area contributed by atoms with E-state index in [1.54, 1.807) is 18.2 Å². The van der Waals surface area contributed by atoms with Crippen LogP contribution in [0.25, 0.3) is 0 Å². The number of anilines is 1. The van der Waals surface area contributed by atoms with Crippen LogP contribution in [0.5, 0.6) is 0 Å². The van der Waals surface area contributed by atoms with Crippen molar-refractivity contribution in [3.63, 3.8) is 0 Å². The van der Waals surface area contributed by atoms with Gasteiger partial charge in [0.2, 0.25) is 5.91 Å². The van der Waals surface area contributed by atoms with Crippen molar-refractivity contribution in [1.29, 1.82) is 5.26 Å². The maximum Gasteiger partial charge on any atom is 0.224 e. The Labute approximate surface area is 122 Å². The van der Waals surface area contributed by atoms with Gasteiger partial charge in [0.25, 0.3) is 0 Å². The molecule has 19 heavy (non-hydrogen) atoms. The molecule has 0 atom stereocenters. The van der Waals surface area contributed by atoms with E-state index in [-0.39, 0.29) is 5.91 Å². The molecule has 1 amide bonds. The van der Waals surface area contributed by atoms with Gasteiger partial charge in [-0.15, -0.1) is 0 Å². The predicted molar refractivity (Wildman–Crippen MR) is 78.7 cm³/mol. The van der Waals surface area contributed by atoms with Crippen LogP contribution in [0, 0.1) is 17.2 Å². The lowest BCUT2D eigenvalue weighted by Crippen LogP contribution is -2.13. The number of hydrogen-bond donors (Lipinski definition) is 1. The molecule has 1 aromatic rings. The van der Waals surface area contributed by atoms with Crippen molar-refractivity contribution in [2.24, 2.45) is 5.92 Å². The third-order valence-corrected chi connectivity index (χ3v) is 4.12. The second-order valence-electron chi connectivity index (χ2n) is 5.04. The summed E-state index contributed by atoms with van der Waals surface area (Å²) in [5, 5.41) is 11.8. The lowest BCUT2D eigenvalue weighted by molar-refractivity contribution is -0.116. The van der Waals surface area contributed by atoms with Crippen molar-refractivity contribution in [1.82, 2.24) is 0 Å². The van der Waals surface area contributed by atoms with Gasteiger partial charge < -0.3 is 5.32 Å². The van der Waals surface area contributed by atoms with Crippen LogP contribution in [-0.2, 0) is 4.79 Å². The summed E-state index contributed by atoms with van der Waals surface area (Å²) in [6.07, 6.45) is 6.62. The van der Waals surface area contributed by atoms with Gasteiger partial charge in [0, 0.05) is 10.9 Å². The first kappa shape index (κ1) is 14.1. The molecule has 0 spiro atoms. The zero-order chi connectivity index (χ0) is 13.7. The number of nitrogens with one attached hydrogen (secondary N) is 1. The Hall–Kier alpha value is -1.34. The fourth-order valence-electron chi connectivity index (χ4n) is 2.56. The lowest BCUT2D eigenvalue weighted by Gasteiger charge is -2.10. The highest BCUT2D eigenvalue weighted by Gasteiger charge is 2.16. The van der Waals surface area contributed by atoms with E-state index in [9.17, 15) is 4.79 Å². The van der Waals surface area contributed by atoms with Gasteiger partial charge in [0.15, 0.2) is 0 Å². The summed E-state index contributed by atoms with van der Waals surface area (Å²) in [5.41, 5.74) is 1.09. The van der Waals surface area contributed by atoms with E-state index in [0.29, 0.717) is 23.6 Å². The molecule has 1 aromatic carbocycles. The highest BCUT2D eigenvalue weighted by molar-refractivity contribution is 9.10. The summed E-state index contributed by atoms with van der Waals surface area (Å²) in [6.45, 7) is 0. The predicted octanol–water partition coefficient (Wildman–Crippen LogP) is 4.23. The smallest absolute Gasteiger partial charge is 0.224 e. The number of amides is 1. The molecular formula is C15H17BrN2O. The van der Waals surface area contributed by atoms with Crippen molar-refractivity contribution < 1.29 is 4.79 Å². The summed E-state index contributed by atoms with van der Waals surface area (Å²) in [6, 6.07) is 7.36. The molecule has 3 nitrogen and oxygen atoms in total. The molecule has 1 aliphatic rings. The summed E-state index contributed by atoms with van der Waals surface area (Å²) >= 11 is 3.35. The van der Waals surface area contributed by atoms with E-state index in [0.717, 1.165) is 10.9 Å². The highest BCUT2D eigenvalue weighted by Crippen LogP contribution is 2.28. The van der Waals surface area contributed by atoms with Gasteiger partial charge in [-0.1, -0.05) is 41.6 Å².